The van der Waals surface area contributed by atoms with Crippen LogP contribution in [-0.2, 0) is 13.5 Å². The lowest BCUT2D eigenvalue weighted by Crippen LogP contribution is -3.00. The van der Waals surface area contributed by atoms with Crippen LogP contribution in [-0.4, -0.2) is 22.1 Å². The molecular formula is C17H16ClN4O-. The maximum Gasteiger partial charge on any atom is 0.326 e. The number of fused-ring (bicyclic) bond motifs is 2. The molecule has 1 aliphatic rings. The molecule has 0 fully saturated rings. The molecule has 23 heavy (non-hydrogen) atoms. The Labute approximate surface area is 140 Å². The Kier molecular flexibility index (Phi) is 3.96. The third-order valence-electron chi connectivity index (χ3n) is 4.14. The second-order valence-electron chi connectivity index (χ2n) is 5.54. The number of carbonyl (C=O) groups excluding carboxylic acids is 1. The number of aromatic nitrogens is 2. The number of anilines is 2. The molecule has 118 valence electrons. The van der Waals surface area contributed by atoms with E-state index in [4.69, 9.17) is 0 Å². The molecule has 0 unspecified atom stereocenters. The van der Waals surface area contributed by atoms with Crippen LogP contribution < -0.4 is 22.6 Å². The zero-order valence-corrected chi connectivity index (χ0v) is 13.4. The van der Waals surface area contributed by atoms with Crippen LogP contribution in [0, 0.1) is 0 Å². The van der Waals surface area contributed by atoms with E-state index in [1.807, 2.05) is 19.3 Å². The van der Waals surface area contributed by atoms with Gasteiger partial charge in [0.25, 0.3) is 0 Å². The lowest BCUT2D eigenvalue weighted by atomic mass is 10.1. The van der Waals surface area contributed by atoms with Gasteiger partial charge in [0.2, 0.25) is 0 Å². The lowest BCUT2D eigenvalue weighted by molar-refractivity contribution is -0.00000731. The molecule has 0 saturated carbocycles. The molecule has 0 atom stereocenters. The zero-order valence-electron chi connectivity index (χ0n) is 12.7. The summed E-state index contributed by atoms with van der Waals surface area (Å²) < 4.78 is 2.11. The molecule has 1 aliphatic heterocycles. The van der Waals surface area contributed by atoms with Gasteiger partial charge in [-0.25, -0.2) is 4.79 Å². The first-order valence-electron chi connectivity index (χ1n) is 7.29. The van der Waals surface area contributed by atoms with Gasteiger partial charge in [0.05, 0.1) is 11.9 Å². The van der Waals surface area contributed by atoms with E-state index in [-0.39, 0.29) is 18.4 Å². The Hall–Kier alpha value is -2.53. The maximum absolute atomic E-state index is 12.5. The van der Waals surface area contributed by atoms with Crippen LogP contribution in [0.25, 0.3) is 10.9 Å². The van der Waals surface area contributed by atoms with Gasteiger partial charge in [0.1, 0.15) is 0 Å². The van der Waals surface area contributed by atoms with E-state index < -0.39 is 0 Å². The molecule has 0 bridgehead atoms. The number of hydrogen-bond donors (Lipinski definition) is 1. The van der Waals surface area contributed by atoms with E-state index in [1.54, 1.807) is 23.4 Å². The van der Waals surface area contributed by atoms with Gasteiger partial charge in [-0.05, 0) is 42.3 Å². The second kappa shape index (κ2) is 5.93. The van der Waals surface area contributed by atoms with Gasteiger partial charge < -0.3 is 22.3 Å². The van der Waals surface area contributed by atoms with E-state index in [2.05, 4.69) is 33.1 Å². The molecule has 5 nitrogen and oxygen atoms in total. The largest absolute Gasteiger partial charge is 1.00 e. The number of pyridine rings is 1. The first-order valence-corrected chi connectivity index (χ1v) is 7.29. The Morgan fingerprint density at radius 3 is 2.96 bits per heavy atom. The number of urea groups is 1. The van der Waals surface area contributed by atoms with Crippen molar-refractivity contribution in [2.75, 3.05) is 16.8 Å². The maximum atomic E-state index is 12.5. The van der Waals surface area contributed by atoms with Gasteiger partial charge in [-0.15, -0.1) is 0 Å². The summed E-state index contributed by atoms with van der Waals surface area (Å²) in [4.78, 5) is 18.3. The van der Waals surface area contributed by atoms with Crippen molar-refractivity contribution in [2.45, 2.75) is 6.42 Å². The molecule has 0 aliphatic carbocycles. The van der Waals surface area contributed by atoms with Gasteiger partial charge in [-0.3, -0.25) is 9.88 Å². The van der Waals surface area contributed by atoms with E-state index in [9.17, 15) is 4.79 Å². The van der Waals surface area contributed by atoms with Crippen molar-refractivity contribution in [3.05, 3.63) is 54.5 Å². The summed E-state index contributed by atoms with van der Waals surface area (Å²) in [6, 6.07) is 9.89. The predicted molar refractivity (Wildman–Crippen MR) is 87.2 cm³/mol. The molecule has 1 aromatic carbocycles. The number of carbonyl (C=O) groups is 1. The second-order valence-corrected chi connectivity index (χ2v) is 5.54. The highest BCUT2D eigenvalue weighted by molar-refractivity contribution is 6.04. The van der Waals surface area contributed by atoms with E-state index in [0.717, 1.165) is 17.5 Å². The molecule has 0 radical (unpaired) electrons. The van der Waals surface area contributed by atoms with Gasteiger partial charge in [0, 0.05) is 42.6 Å². The third kappa shape index (κ3) is 2.64. The van der Waals surface area contributed by atoms with Crippen LogP contribution >= 0.6 is 0 Å². The highest BCUT2D eigenvalue weighted by Crippen LogP contribution is 2.33. The minimum absolute atomic E-state index is 0. The fourth-order valence-electron chi connectivity index (χ4n) is 2.99. The molecular weight excluding hydrogens is 312 g/mol. The third-order valence-corrected chi connectivity index (χ3v) is 4.14. The number of aryl methyl sites for hydroxylation is 1. The number of benzene rings is 1. The van der Waals surface area contributed by atoms with E-state index >= 15 is 0 Å². The highest BCUT2D eigenvalue weighted by Gasteiger charge is 2.25. The Morgan fingerprint density at radius 1 is 1.30 bits per heavy atom. The summed E-state index contributed by atoms with van der Waals surface area (Å²) in [6.07, 6.45) is 6.26. The van der Waals surface area contributed by atoms with Crippen LogP contribution in [0.2, 0.25) is 0 Å². The van der Waals surface area contributed by atoms with Gasteiger partial charge >= 0.3 is 6.03 Å². The number of nitrogens with one attached hydrogen (secondary N) is 1. The summed E-state index contributed by atoms with van der Waals surface area (Å²) in [7, 11) is 2.04. The summed E-state index contributed by atoms with van der Waals surface area (Å²) in [6.45, 7) is 0.706. The van der Waals surface area contributed by atoms with Crippen molar-refractivity contribution in [1.29, 1.82) is 0 Å². The number of rotatable bonds is 1. The van der Waals surface area contributed by atoms with Crippen molar-refractivity contribution in [3.63, 3.8) is 0 Å². The zero-order chi connectivity index (χ0) is 15.1. The van der Waals surface area contributed by atoms with Crippen LogP contribution in [0.4, 0.5) is 16.2 Å². The minimum Gasteiger partial charge on any atom is -1.00 e. The highest BCUT2D eigenvalue weighted by atomic mass is 35.5. The fourth-order valence-corrected chi connectivity index (χ4v) is 2.99. The topological polar surface area (TPSA) is 50.2 Å². The molecule has 2 amide bonds. The van der Waals surface area contributed by atoms with Gasteiger partial charge in [0.15, 0.2) is 0 Å². The van der Waals surface area contributed by atoms with E-state index in [0.29, 0.717) is 12.2 Å². The van der Waals surface area contributed by atoms with Crippen LogP contribution in [0.3, 0.4) is 0 Å². The minimum atomic E-state index is -0.109. The average molecular weight is 328 g/mol. The predicted octanol–water partition coefficient (Wildman–Crippen LogP) is 0.172. The van der Waals surface area contributed by atoms with Gasteiger partial charge in [-0.2, -0.15) is 0 Å². The van der Waals surface area contributed by atoms with Crippen molar-refractivity contribution in [1.82, 2.24) is 9.55 Å². The van der Waals surface area contributed by atoms with Crippen molar-refractivity contribution in [2.24, 2.45) is 7.05 Å². The van der Waals surface area contributed by atoms with Crippen molar-refractivity contribution < 1.29 is 17.2 Å². The monoisotopic (exact) mass is 327 g/mol. The van der Waals surface area contributed by atoms with Crippen LogP contribution in [0.15, 0.2) is 48.9 Å². The normalized spacial score (nSPS) is 12.8. The summed E-state index contributed by atoms with van der Waals surface area (Å²) in [5, 5.41) is 4.05. The van der Waals surface area contributed by atoms with Crippen LogP contribution in [0.1, 0.15) is 5.56 Å². The molecule has 0 spiro atoms. The molecule has 6 heteroatoms. The summed E-state index contributed by atoms with van der Waals surface area (Å²) in [5.41, 5.74) is 4.13. The molecule has 4 rings (SSSR count). The standard InChI is InChI=1S/C17H16N4O.ClH/c1-20-7-4-12-10-16-13(9-15(12)20)5-8-21(16)17(22)19-14-3-2-6-18-11-14;/h2-4,6-7,9-11H,5,8H2,1H3,(H,19,22);1H/p-1. The Bertz CT molecular complexity index is 860. The first-order chi connectivity index (χ1) is 10.7. The Balaban J connectivity index is 0.00000156. The average Bonchev–Trinajstić information content (AvgIpc) is 3.10. The van der Waals surface area contributed by atoms with E-state index in [1.165, 1.54) is 11.1 Å². The van der Waals surface area contributed by atoms with Crippen LogP contribution in [0.5, 0.6) is 0 Å². The van der Waals surface area contributed by atoms with Crippen molar-refractivity contribution >= 4 is 28.3 Å². The lowest BCUT2D eigenvalue weighted by Gasteiger charge is -2.18. The molecule has 3 aromatic rings. The first kappa shape index (κ1) is 15.4. The van der Waals surface area contributed by atoms with Gasteiger partial charge in [-0.1, -0.05) is 0 Å². The molecule has 2 aromatic heterocycles. The van der Waals surface area contributed by atoms with Crippen molar-refractivity contribution in [3.8, 4) is 0 Å². The number of hydrogen-bond acceptors (Lipinski definition) is 2. The SMILES string of the molecule is Cn1ccc2cc3c(cc21)CCN3C(=O)Nc1cccnc1.[Cl-]. The number of halogens is 1. The Morgan fingerprint density at radius 2 is 2.17 bits per heavy atom. The smallest absolute Gasteiger partial charge is 0.326 e. The number of amides is 2. The summed E-state index contributed by atoms with van der Waals surface area (Å²) >= 11 is 0. The quantitative estimate of drug-likeness (QED) is 0.693. The fraction of sp³-hybridized carbons (Fsp3) is 0.176. The molecule has 3 heterocycles. The number of nitrogens with zero attached hydrogens (tertiary/aromatic N) is 3. The molecule has 0 saturated heterocycles. The molecule has 1 N–H and O–H groups in total. The summed E-state index contributed by atoms with van der Waals surface area (Å²) in [5.74, 6) is 0.